The normalized spacial score (nSPS) is 16.0. The van der Waals surface area contributed by atoms with E-state index in [1.54, 1.807) is 12.3 Å². The van der Waals surface area contributed by atoms with Crippen LogP contribution >= 0.6 is 11.6 Å². The number of nitrogens with zero attached hydrogens (tertiary/aromatic N) is 5. The average Bonchev–Trinajstić information content (AvgIpc) is 3.34. The van der Waals surface area contributed by atoms with E-state index in [-0.39, 0.29) is 41.9 Å². The van der Waals surface area contributed by atoms with Crippen LogP contribution in [0.3, 0.4) is 0 Å². The van der Waals surface area contributed by atoms with Crippen LogP contribution in [-0.2, 0) is 4.74 Å². The van der Waals surface area contributed by atoms with Gasteiger partial charge in [-0.2, -0.15) is 5.10 Å². The molecular formula is C18H16ClFN6O4. The van der Waals surface area contributed by atoms with Crippen LogP contribution in [0, 0.1) is 5.82 Å². The Morgan fingerprint density at radius 1 is 1.47 bits per heavy atom. The van der Waals surface area contributed by atoms with Crippen LogP contribution < -0.4 is 15.0 Å². The van der Waals surface area contributed by atoms with E-state index < -0.39 is 23.9 Å². The molecule has 156 valence electrons. The molecule has 1 N–H and O–H groups in total. The highest BCUT2D eigenvalue weighted by molar-refractivity contribution is 6.18. The van der Waals surface area contributed by atoms with Crippen LogP contribution in [0.25, 0.3) is 5.65 Å². The molecule has 10 nitrogen and oxygen atoms in total. The number of cyclic esters (lactones) is 1. The highest BCUT2D eigenvalue weighted by atomic mass is 35.5. The summed E-state index contributed by atoms with van der Waals surface area (Å²) < 4.78 is 25.6. The van der Waals surface area contributed by atoms with Gasteiger partial charge in [-0.15, -0.1) is 11.6 Å². The summed E-state index contributed by atoms with van der Waals surface area (Å²) >= 11 is 5.61. The molecule has 30 heavy (non-hydrogen) atoms. The summed E-state index contributed by atoms with van der Waals surface area (Å²) in [7, 11) is 1.40. The van der Waals surface area contributed by atoms with E-state index in [1.807, 2.05) is 0 Å². The molecule has 1 aliphatic rings. The largest absolute Gasteiger partial charge is 0.481 e. The number of fused-ring (bicyclic) bond motifs is 1. The molecule has 3 aromatic heterocycles. The average molecular weight is 435 g/mol. The number of aromatic nitrogens is 4. The van der Waals surface area contributed by atoms with Gasteiger partial charge in [0.2, 0.25) is 5.88 Å². The number of amides is 2. The zero-order valence-corrected chi connectivity index (χ0v) is 16.5. The second-order valence-electron chi connectivity index (χ2n) is 6.27. The summed E-state index contributed by atoms with van der Waals surface area (Å²) in [5, 5.41) is 6.74. The second-order valence-corrected chi connectivity index (χ2v) is 6.65. The summed E-state index contributed by atoms with van der Waals surface area (Å²) in [4.78, 5) is 34.4. The van der Waals surface area contributed by atoms with Crippen molar-refractivity contribution < 1.29 is 23.5 Å². The summed E-state index contributed by atoms with van der Waals surface area (Å²) in [6, 6.07) is 2.05. The van der Waals surface area contributed by atoms with E-state index in [1.165, 1.54) is 28.8 Å². The summed E-state index contributed by atoms with van der Waals surface area (Å²) in [5.74, 6) is -0.354. The van der Waals surface area contributed by atoms with Crippen molar-refractivity contribution in [3.05, 3.63) is 47.7 Å². The molecule has 0 radical (unpaired) electrons. The van der Waals surface area contributed by atoms with Crippen molar-refractivity contribution in [2.45, 2.75) is 6.04 Å². The number of pyridine rings is 1. The van der Waals surface area contributed by atoms with Crippen molar-refractivity contribution >= 4 is 35.1 Å². The molecule has 1 fully saturated rings. The molecule has 0 spiro atoms. The van der Waals surface area contributed by atoms with Crippen LogP contribution in [0.15, 0.2) is 30.7 Å². The van der Waals surface area contributed by atoms with Crippen molar-refractivity contribution in [1.29, 1.82) is 0 Å². The van der Waals surface area contributed by atoms with E-state index in [0.717, 1.165) is 6.20 Å². The molecular weight excluding hydrogens is 419 g/mol. The smallest absolute Gasteiger partial charge is 0.416 e. The SMILES string of the molecule is COc1ncc(F)cc1C1COC(=O)N1c1ccn2ncc(C(=O)NCCCl)c2n1. The predicted molar refractivity (Wildman–Crippen MR) is 103 cm³/mol. The van der Waals surface area contributed by atoms with Crippen LogP contribution in [0.1, 0.15) is 22.0 Å². The van der Waals surface area contributed by atoms with E-state index in [4.69, 9.17) is 21.1 Å². The number of halogens is 2. The Morgan fingerprint density at radius 3 is 3.07 bits per heavy atom. The van der Waals surface area contributed by atoms with Gasteiger partial charge in [0.25, 0.3) is 5.91 Å². The van der Waals surface area contributed by atoms with Crippen molar-refractivity contribution in [2.24, 2.45) is 0 Å². The Morgan fingerprint density at radius 2 is 2.30 bits per heavy atom. The molecule has 1 saturated heterocycles. The lowest BCUT2D eigenvalue weighted by Gasteiger charge is -2.22. The maximum absolute atomic E-state index is 13.8. The Hall–Kier alpha value is -3.47. The Labute approximate surface area is 174 Å². The minimum atomic E-state index is -0.720. The minimum absolute atomic E-state index is 0.0461. The first-order valence-electron chi connectivity index (χ1n) is 8.87. The molecule has 3 aromatic rings. The molecule has 1 unspecified atom stereocenters. The van der Waals surface area contributed by atoms with Gasteiger partial charge in [-0.1, -0.05) is 0 Å². The fourth-order valence-corrected chi connectivity index (χ4v) is 3.26. The summed E-state index contributed by atoms with van der Waals surface area (Å²) in [5.41, 5.74) is 0.789. The molecule has 0 aliphatic carbocycles. The van der Waals surface area contributed by atoms with E-state index >= 15 is 0 Å². The third kappa shape index (κ3) is 3.47. The topological polar surface area (TPSA) is 111 Å². The Bertz CT molecular complexity index is 1120. The van der Waals surface area contributed by atoms with Crippen LogP contribution in [-0.4, -0.2) is 57.7 Å². The van der Waals surface area contributed by atoms with Gasteiger partial charge in [-0.25, -0.2) is 23.7 Å². The van der Waals surface area contributed by atoms with Gasteiger partial charge < -0.3 is 14.8 Å². The van der Waals surface area contributed by atoms with Gasteiger partial charge in [-0.05, 0) is 12.1 Å². The molecule has 0 bridgehead atoms. The van der Waals surface area contributed by atoms with Gasteiger partial charge in [0.05, 0.1) is 19.5 Å². The van der Waals surface area contributed by atoms with Crippen LogP contribution in [0.2, 0.25) is 0 Å². The van der Waals surface area contributed by atoms with E-state index in [0.29, 0.717) is 5.56 Å². The lowest BCUT2D eigenvalue weighted by Crippen LogP contribution is -2.29. The monoisotopic (exact) mass is 434 g/mol. The summed E-state index contributed by atoms with van der Waals surface area (Å²) in [6.45, 7) is 0.236. The zero-order chi connectivity index (χ0) is 21.3. The number of methoxy groups -OCH3 is 1. The van der Waals surface area contributed by atoms with Crippen molar-refractivity contribution in [1.82, 2.24) is 24.9 Å². The van der Waals surface area contributed by atoms with Crippen molar-refractivity contribution in [3.63, 3.8) is 0 Å². The first-order chi connectivity index (χ1) is 14.5. The highest BCUT2D eigenvalue weighted by Gasteiger charge is 2.39. The number of rotatable bonds is 6. The lowest BCUT2D eigenvalue weighted by atomic mass is 10.1. The molecule has 1 atom stereocenters. The number of carbonyl (C=O) groups is 2. The standard InChI is InChI=1S/C18H16ClFN6O4/c1-29-17-11(6-10(20)7-22-17)13-9-30-18(28)26(13)14-2-5-25-15(24-14)12(8-23-25)16(27)21-4-3-19/h2,5-8,13H,3-4,9H2,1H3,(H,21,27). The molecule has 0 aromatic carbocycles. The molecule has 12 heteroatoms. The van der Waals surface area contributed by atoms with Gasteiger partial charge in [0.1, 0.15) is 29.8 Å². The zero-order valence-electron chi connectivity index (χ0n) is 15.7. The number of anilines is 1. The molecule has 0 saturated carbocycles. The second kappa shape index (κ2) is 8.11. The maximum atomic E-state index is 13.8. The molecule has 1 aliphatic heterocycles. The van der Waals surface area contributed by atoms with E-state index in [2.05, 4.69) is 20.4 Å². The number of nitrogens with one attached hydrogen (secondary N) is 1. The third-order valence-corrected chi connectivity index (χ3v) is 4.69. The Balaban J connectivity index is 1.75. The number of carbonyl (C=O) groups excluding carboxylic acids is 2. The van der Waals surface area contributed by atoms with E-state index in [9.17, 15) is 14.0 Å². The fourth-order valence-electron chi connectivity index (χ4n) is 3.16. The number of ether oxygens (including phenoxy) is 2. The van der Waals surface area contributed by atoms with Crippen LogP contribution in [0.4, 0.5) is 15.0 Å². The third-order valence-electron chi connectivity index (χ3n) is 4.50. The first kappa shape index (κ1) is 19.8. The molecule has 2 amide bonds. The lowest BCUT2D eigenvalue weighted by molar-refractivity contribution is 0.0957. The molecule has 4 rings (SSSR count). The highest BCUT2D eigenvalue weighted by Crippen LogP contribution is 2.36. The van der Waals surface area contributed by atoms with Gasteiger partial charge in [0, 0.05) is 24.2 Å². The number of hydrogen-bond acceptors (Lipinski definition) is 7. The summed E-state index contributed by atoms with van der Waals surface area (Å²) in [6.07, 6.45) is 3.28. The Kier molecular flexibility index (Phi) is 5.36. The number of hydrogen-bond donors (Lipinski definition) is 1. The number of alkyl halides is 1. The first-order valence-corrected chi connectivity index (χ1v) is 9.41. The fraction of sp³-hybridized carbons (Fsp3) is 0.278. The van der Waals surface area contributed by atoms with Crippen LogP contribution in [0.5, 0.6) is 5.88 Å². The van der Waals surface area contributed by atoms with Gasteiger partial charge in [-0.3, -0.25) is 9.69 Å². The van der Waals surface area contributed by atoms with Crippen molar-refractivity contribution in [3.8, 4) is 5.88 Å². The van der Waals surface area contributed by atoms with Gasteiger partial charge in [0.15, 0.2) is 5.65 Å². The quantitative estimate of drug-likeness (QED) is 0.590. The molecule has 4 heterocycles. The maximum Gasteiger partial charge on any atom is 0.416 e. The van der Waals surface area contributed by atoms with Gasteiger partial charge >= 0.3 is 6.09 Å². The minimum Gasteiger partial charge on any atom is -0.481 e. The van der Waals surface area contributed by atoms with Crippen molar-refractivity contribution in [2.75, 3.05) is 31.0 Å². The predicted octanol–water partition coefficient (Wildman–Crippen LogP) is 1.94.